The summed E-state index contributed by atoms with van der Waals surface area (Å²) in [7, 11) is 2.20. The molecule has 0 saturated carbocycles. The molecule has 0 spiro atoms. The Kier molecular flexibility index (Phi) is 14.5. The van der Waals surface area contributed by atoms with E-state index in [0.29, 0.717) is 35.4 Å². The molecule has 1 aromatic heterocycles. The Morgan fingerprint density at radius 1 is 0.908 bits per heavy atom. The minimum atomic E-state index is -1.59. The summed E-state index contributed by atoms with van der Waals surface area (Å²) in [5, 5.41) is 32.0. The number of nitrogens with zero attached hydrogens (tertiary/aromatic N) is 1. The van der Waals surface area contributed by atoms with Gasteiger partial charge >= 0.3 is 18.1 Å². The van der Waals surface area contributed by atoms with Crippen LogP contribution >= 0.6 is 21.6 Å². The van der Waals surface area contributed by atoms with E-state index >= 15 is 0 Å². The van der Waals surface area contributed by atoms with Crippen LogP contribution in [0.2, 0.25) is 0 Å². The maximum Gasteiger partial charge on any atom is 0.513 e. The number of carbonyl (C=O) groups is 7. The molecule has 0 fully saturated rings. The number of benzene rings is 4. The first-order valence-corrected chi connectivity index (χ1v) is 22.9. The number of para-hydroxylation sites is 1. The summed E-state index contributed by atoms with van der Waals surface area (Å²) in [5.74, 6) is -4.96. The van der Waals surface area contributed by atoms with Gasteiger partial charge in [0.05, 0.1) is 18.2 Å². The van der Waals surface area contributed by atoms with Crippen molar-refractivity contribution in [1.29, 1.82) is 0 Å². The number of ether oxygens (including phenoxy) is 2. The average molecular weight is 927 g/mol. The Bertz CT molecular complexity index is 2650. The number of fused-ring (bicyclic) bond motifs is 5. The molecule has 5 aromatic rings. The number of aliphatic carboxylic acids is 2. The van der Waals surface area contributed by atoms with Gasteiger partial charge in [-0.2, -0.15) is 0 Å². The Labute approximate surface area is 379 Å². The summed E-state index contributed by atoms with van der Waals surface area (Å²) in [6.45, 7) is 2.05. The second-order valence-electron chi connectivity index (χ2n) is 15.4. The number of H-pyrrole nitrogens is 1. The van der Waals surface area contributed by atoms with Crippen LogP contribution in [0.4, 0.5) is 21.9 Å². The van der Waals surface area contributed by atoms with Crippen LogP contribution in [0.3, 0.4) is 0 Å². The van der Waals surface area contributed by atoms with Gasteiger partial charge in [0.15, 0.2) is 0 Å². The third-order valence-electron chi connectivity index (χ3n) is 10.8. The predicted octanol–water partition coefficient (Wildman–Crippen LogP) is 3.77. The molecule has 0 radical (unpaired) electrons. The van der Waals surface area contributed by atoms with E-state index in [9.17, 15) is 43.8 Å². The number of hydrogen-bond acceptors (Lipinski definition) is 14. The van der Waals surface area contributed by atoms with Crippen molar-refractivity contribution in [3.05, 3.63) is 95.7 Å². The van der Waals surface area contributed by atoms with E-state index in [1.807, 2.05) is 67.6 Å². The quantitative estimate of drug-likeness (QED) is 0.0262. The Morgan fingerprint density at radius 3 is 2.38 bits per heavy atom. The fourth-order valence-electron chi connectivity index (χ4n) is 7.69. The Hall–Kier alpha value is -6.81. The highest BCUT2D eigenvalue weighted by Crippen LogP contribution is 2.46. The number of nitrogens with one attached hydrogen (secondary N) is 5. The molecule has 3 heterocycles. The van der Waals surface area contributed by atoms with Crippen molar-refractivity contribution in [3.63, 3.8) is 0 Å². The van der Waals surface area contributed by atoms with Crippen LogP contribution < -0.4 is 42.4 Å². The van der Waals surface area contributed by atoms with Gasteiger partial charge in [-0.25, -0.2) is 9.59 Å². The zero-order chi connectivity index (χ0) is 46.4. The predicted molar refractivity (Wildman–Crippen MR) is 246 cm³/mol. The summed E-state index contributed by atoms with van der Waals surface area (Å²) < 4.78 is 11.1. The molecule has 65 heavy (non-hydrogen) atoms. The van der Waals surface area contributed by atoms with E-state index in [4.69, 9.17) is 20.9 Å². The lowest BCUT2D eigenvalue weighted by Gasteiger charge is -2.23. The molecule has 11 N–H and O–H groups in total. The van der Waals surface area contributed by atoms with Crippen molar-refractivity contribution >= 4 is 102 Å². The number of nitrogens with two attached hydrogens (primary N) is 2. The SMILES string of the molecule is CC1CN(C(=O)C2Cc3cc(NC(=O)c4cc5ccccc5[nH]4)ccc3N2)c2cc(OC(=O)OCCSSCC(NC(=O)C(CC(=O)O)NC(=O)C(N)CN)C(=O)O)c3ccccc3c21. The molecule has 5 unspecified atom stereocenters. The van der Waals surface area contributed by atoms with Crippen molar-refractivity contribution in [2.24, 2.45) is 11.5 Å². The zero-order valence-electron chi connectivity index (χ0n) is 34.8. The maximum atomic E-state index is 14.3. The molecule has 0 aliphatic carbocycles. The molecular weight excluding hydrogens is 881 g/mol. The lowest BCUT2D eigenvalue weighted by atomic mass is 9.95. The van der Waals surface area contributed by atoms with Crippen LogP contribution in [0.1, 0.15) is 40.9 Å². The molecule has 0 bridgehead atoms. The number of aromatic nitrogens is 1. The molecule has 19 nitrogen and oxygen atoms in total. The number of anilines is 3. The monoisotopic (exact) mass is 926 g/mol. The molecule has 21 heteroatoms. The molecule has 7 rings (SSSR count). The van der Waals surface area contributed by atoms with Gasteiger partial charge < -0.3 is 62.3 Å². The van der Waals surface area contributed by atoms with Crippen LogP contribution in [0.15, 0.2) is 78.9 Å². The summed E-state index contributed by atoms with van der Waals surface area (Å²) >= 11 is 0. The van der Waals surface area contributed by atoms with Gasteiger partial charge in [-0.05, 0) is 46.8 Å². The molecule has 0 saturated heterocycles. The molecule has 2 aliphatic rings. The topological polar surface area (TPSA) is 298 Å². The number of hydrogen-bond donors (Lipinski definition) is 9. The van der Waals surface area contributed by atoms with E-state index in [1.54, 1.807) is 23.1 Å². The lowest BCUT2D eigenvalue weighted by molar-refractivity contribution is -0.143. The smallest absolute Gasteiger partial charge is 0.481 e. The van der Waals surface area contributed by atoms with E-state index in [0.717, 1.165) is 54.7 Å². The first kappa shape index (κ1) is 46.2. The largest absolute Gasteiger partial charge is 0.513 e. The minimum Gasteiger partial charge on any atom is -0.481 e. The van der Waals surface area contributed by atoms with Gasteiger partial charge in [0, 0.05) is 70.7 Å². The van der Waals surface area contributed by atoms with Crippen molar-refractivity contribution < 1.29 is 53.2 Å². The average Bonchev–Trinajstić information content (AvgIpc) is 4.01. The highest BCUT2D eigenvalue weighted by molar-refractivity contribution is 8.76. The van der Waals surface area contributed by atoms with E-state index in [2.05, 4.69) is 26.3 Å². The third kappa shape index (κ3) is 10.8. The van der Waals surface area contributed by atoms with Gasteiger partial charge in [-0.15, -0.1) is 0 Å². The zero-order valence-corrected chi connectivity index (χ0v) is 36.5. The Balaban J connectivity index is 0.933. The number of rotatable bonds is 18. The van der Waals surface area contributed by atoms with Crippen LogP contribution in [-0.4, -0.2) is 112 Å². The number of amides is 4. The summed E-state index contributed by atoms with van der Waals surface area (Å²) in [6.07, 6.45) is -1.44. The highest BCUT2D eigenvalue weighted by Gasteiger charge is 2.38. The van der Waals surface area contributed by atoms with Gasteiger partial charge in [0.25, 0.3) is 5.91 Å². The highest BCUT2D eigenvalue weighted by atomic mass is 33.1. The maximum absolute atomic E-state index is 14.3. The summed E-state index contributed by atoms with van der Waals surface area (Å²) in [4.78, 5) is 93.3. The van der Waals surface area contributed by atoms with E-state index in [1.165, 1.54) is 0 Å². The first-order chi connectivity index (χ1) is 31.2. The van der Waals surface area contributed by atoms with E-state index in [-0.39, 0.29) is 48.1 Å². The number of carboxylic acid groups (broad SMARTS) is 2. The van der Waals surface area contributed by atoms with E-state index < -0.39 is 60.5 Å². The molecule has 2 aliphatic heterocycles. The van der Waals surface area contributed by atoms with Crippen LogP contribution in [0.5, 0.6) is 5.75 Å². The van der Waals surface area contributed by atoms with Gasteiger partial charge in [0.2, 0.25) is 17.7 Å². The third-order valence-corrected chi connectivity index (χ3v) is 13.2. The second kappa shape index (κ2) is 20.4. The minimum absolute atomic E-state index is 0.0362. The number of carbonyl (C=O) groups excluding carboxylic acids is 5. The summed E-state index contributed by atoms with van der Waals surface area (Å²) in [6, 6.07) is 19.1. The normalized spacial score (nSPS) is 16.4. The molecule has 4 amide bonds. The first-order valence-electron chi connectivity index (χ1n) is 20.5. The van der Waals surface area contributed by atoms with Gasteiger partial charge in [-0.1, -0.05) is 71.0 Å². The van der Waals surface area contributed by atoms with Gasteiger partial charge in [-0.3, -0.25) is 24.0 Å². The fraction of sp³-hybridized carbons (Fsp3) is 0.295. The van der Waals surface area contributed by atoms with Crippen molar-refractivity contribution in [2.45, 2.75) is 49.9 Å². The summed E-state index contributed by atoms with van der Waals surface area (Å²) in [5.41, 5.74) is 16.0. The molecule has 5 atom stereocenters. The van der Waals surface area contributed by atoms with Crippen molar-refractivity contribution in [1.82, 2.24) is 15.6 Å². The van der Waals surface area contributed by atoms with Crippen LogP contribution in [0, 0.1) is 0 Å². The number of aromatic amines is 1. The standard InChI is InChI=1S/C44H46N8O11S2/c1-22-20-52(42(58)33-16-24-14-25(10-11-30(24)49-33)47-40(56)31-15-23-6-2-5-9-29(23)48-31)35-18-36(26-7-3-4-8-27(26)38(22)35)63-44(61)62-12-13-64-65-21-34(43(59)60)51-41(57)32(17-37(53)54)50-39(55)28(46)19-45/h2-11,14-15,18,22,28,32-34,48-49H,12-13,16-17,19-21,45-46H2,1H3,(H,47,56)(H,50,55)(H,51,57)(H,53,54)(H,59,60). The van der Waals surface area contributed by atoms with Crippen LogP contribution in [-0.2, 0) is 35.1 Å². The van der Waals surface area contributed by atoms with Crippen LogP contribution in [0.25, 0.3) is 21.7 Å². The second-order valence-corrected chi connectivity index (χ2v) is 18.0. The lowest BCUT2D eigenvalue weighted by Crippen LogP contribution is -2.56. The van der Waals surface area contributed by atoms with Gasteiger partial charge in [0.1, 0.15) is 36.2 Å². The van der Waals surface area contributed by atoms with Crippen molar-refractivity contribution in [3.8, 4) is 5.75 Å². The molecular formula is C44H46N8O11S2. The fourth-order valence-corrected chi connectivity index (χ4v) is 9.67. The number of carboxylic acids is 2. The molecule has 340 valence electrons. The molecule has 4 aromatic carbocycles. The Morgan fingerprint density at radius 2 is 1.65 bits per heavy atom. The van der Waals surface area contributed by atoms with Crippen molar-refractivity contribution in [2.75, 3.05) is 46.7 Å².